The maximum atomic E-state index is 12.3. The van der Waals surface area contributed by atoms with E-state index in [4.69, 9.17) is 4.98 Å². The third-order valence-corrected chi connectivity index (χ3v) is 6.06. The number of fused-ring (bicyclic) bond motifs is 4. The molecule has 0 aliphatic carbocycles. The number of hydrogen-bond donors (Lipinski definition) is 0. The summed E-state index contributed by atoms with van der Waals surface area (Å²) in [4.78, 5) is 34.8. The molecule has 2 amide bonds. The topological polar surface area (TPSA) is 63.2 Å². The van der Waals surface area contributed by atoms with Crippen molar-refractivity contribution < 1.29 is 9.59 Å². The highest BCUT2D eigenvalue weighted by atomic mass is 16.2. The van der Waals surface area contributed by atoms with Crippen molar-refractivity contribution in [3.8, 4) is 22.3 Å². The maximum Gasteiger partial charge on any atom is 0.261 e. The van der Waals surface area contributed by atoms with Gasteiger partial charge in [-0.05, 0) is 41.0 Å². The predicted octanol–water partition coefficient (Wildman–Crippen LogP) is 5.34. The minimum atomic E-state index is -0.257. The van der Waals surface area contributed by atoms with Gasteiger partial charge >= 0.3 is 0 Å². The summed E-state index contributed by atoms with van der Waals surface area (Å²) in [5, 5.41) is 2.12. The first-order valence-electron chi connectivity index (χ1n) is 10.3. The molecule has 5 heteroatoms. The summed E-state index contributed by atoms with van der Waals surface area (Å²) >= 11 is 0. The van der Waals surface area contributed by atoms with E-state index in [0.29, 0.717) is 11.1 Å². The minimum Gasteiger partial charge on any atom is -0.277 e. The van der Waals surface area contributed by atoms with E-state index in [1.54, 1.807) is 18.3 Å². The third-order valence-electron chi connectivity index (χ3n) is 6.06. The Balaban J connectivity index is 1.36. The van der Waals surface area contributed by atoms with Crippen molar-refractivity contribution in [3.05, 3.63) is 96.3 Å². The SMILES string of the molecule is CN1C(=O)c2ccc(-c3ccc(-c4cnc5c(ccc6cccnc65)c4)cc3)cc2C1=O. The Bertz CT molecular complexity index is 1570. The van der Waals surface area contributed by atoms with Crippen LogP contribution in [0.1, 0.15) is 20.7 Å². The highest BCUT2D eigenvalue weighted by Gasteiger charge is 2.32. The zero-order valence-corrected chi connectivity index (χ0v) is 17.2. The minimum absolute atomic E-state index is 0.251. The van der Waals surface area contributed by atoms with Gasteiger partial charge in [0.2, 0.25) is 0 Å². The fraction of sp³-hybridized carbons (Fsp3) is 0.0370. The molecular formula is C27H17N3O2. The van der Waals surface area contributed by atoms with E-state index >= 15 is 0 Å². The summed E-state index contributed by atoms with van der Waals surface area (Å²) < 4.78 is 0. The van der Waals surface area contributed by atoms with Crippen molar-refractivity contribution >= 4 is 33.6 Å². The van der Waals surface area contributed by atoms with Gasteiger partial charge in [-0.2, -0.15) is 0 Å². The van der Waals surface area contributed by atoms with E-state index in [1.807, 2.05) is 48.7 Å². The van der Waals surface area contributed by atoms with Gasteiger partial charge < -0.3 is 0 Å². The molecule has 0 N–H and O–H groups in total. The largest absolute Gasteiger partial charge is 0.277 e. The first-order chi connectivity index (χ1) is 15.6. The Morgan fingerprint density at radius 2 is 1.28 bits per heavy atom. The number of nitrogens with zero attached hydrogens (tertiary/aromatic N) is 3. The van der Waals surface area contributed by atoms with E-state index in [2.05, 4.69) is 23.2 Å². The molecule has 0 radical (unpaired) electrons. The Morgan fingerprint density at radius 1 is 0.625 bits per heavy atom. The number of hydrogen-bond acceptors (Lipinski definition) is 4. The molecule has 0 spiro atoms. The summed E-state index contributed by atoms with van der Waals surface area (Å²) in [6, 6.07) is 23.8. The van der Waals surface area contributed by atoms with Crippen molar-refractivity contribution in [3.63, 3.8) is 0 Å². The summed E-state index contributed by atoms with van der Waals surface area (Å²) in [5.41, 5.74) is 6.68. The van der Waals surface area contributed by atoms with E-state index < -0.39 is 0 Å². The molecule has 2 aromatic heterocycles. The average molecular weight is 415 g/mol. The lowest BCUT2D eigenvalue weighted by Gasteiger charge is -2.08. The second-order valence-corrected chi connectivity index (χ2v) is 7.94. The monoisotopic (exact) mass is 415 g/mol. The van der Waals surface area contributed by atoms with Gasteiger partial charge in [-0.3, -0.25) is 24.5 Å². The molecular weight excluding hydrogens is 398 g/mol. The Labute approximate surface area is 184 Å². The molecule has 0 unspecified atom stereocenters. The Morgan fingerprint density at radius 3 is 2.09 bits per heavy atom. The van der Waals surface area contributed by atoms with Crippen LogP contribution in [0.3, 0.4) is 0 Å². The van der Waals surface area contributed by atoms with Crippen LogP contribution in [0.25, 0.3) is 44.1 Å². The van der Waals surface area contributed by atoms with Crippen molar-refractivity contribution in [2.24, 2.45) is 0 Å². The van der Waals surface area contributed by atoms with E-state index in [0.717, 1.165) is 49.0 Å². The van der Waals surface area contributed by atoms with Gasteiger partial charge in [0.1, 0.15) is 0 Å². The number of amides is 2. The number of aromatic nitrogens is 2. The molecule has 32 heavy (non-hydrogen) atoms. The number of imide groups is 1. The van der Waals surface area contributed by atoms with Gasteiger partial charge in [-0.25, -0.2) is 0 Å². The van der Waals surface area contributed by atoms with Crippen molar-refractivity contribution in [1.29, 1.82) is 0 Å². The number of carbonyl (C=O) groups is 2. The predicted molar refractivity (Wildman–Crippen MR) is 124 cm³/mol. The van der Waals surface area contributed by atoms with Crippen LogP contribution >= 0.6 is 0 Å². The smallest absolute Gasteiger partial charge is 0.261 e. The molecule has 1 aliphatic heterocycles. The number of benzene rings is 3. The molecule has 0 saturated carbocycles. The molecule has 0 fully saturated rings. The highest BCUT2D eigenvalue weighted by molar-refractivity contribution is 6.21. The van der Waals surface area contributed by atoms with Gasteiger partial charge in [-0.1, -0.05) is 48.5 Å². The fourth-order valence-corrected chi connectivity index (χ4v) is 4.29. The van der Waals surface area contributed by atoms with Gasteiger partial charge in [0.25, 0.3) is 11.8 Å². The molecule has 3 aromatic carbocycles. The molecule has 152 valence electrons. The van der Waals surface area contributed by atoms with Crippen LogP contribution in [0.2, 0.25) is 0 Å². The standard InChI is InChI=1S/C27H17N3O2/c1-30-26(31)22-11-10-19(14-23(22)27(30)32)16-4-6-17(7-5-16)21-13-20-9-8-18-3-2-12-28-24(18)25(20)29-15-21/h2-15H,1H3. The number of carbonyl (C=O) groups excluding carboxylic acids is 2. The van der Waals surface area contributed by atoms with Crippen LogP contribution in [0.4, 0.5) is 0 Å². The van der Waals surface area contributed by atoms with Crippen LogP contribution in [-0.4, -0.2) is 33.7 Å². The van der Waals surface area contributed by atoms with Gasteiger partial charge in [-0.15, -0.1) is 0 Å². The van der Waals surface area contributed by atoms with Crippen molar-refractivity contribution in [2.75, 3.05) is 7.05 Å². The molecule has 5 nitrogen and oxygen atoms in total. The Kier molecular flexibility index (Phi) is 3.92. The number of pyridine rings is 2. The van der Waals surface area contributed by atoms with Crippen LogP contribution in [0, 0.1) is 0 Å². The van der Waals surface area contributed by atoms with Gasteiger partial charge in [0.15, 0.2) is 0 Å². The molecule has 0 bridgehead atoms. The maximum absolute atomic E-state index is 12.3. The quantitative estimate of drug-likeness (QED) is 0.288. The van der Waals surface area contributed by atoms with Gasteiger partial charge in [0, 0.05) is 35.8 Å². The normalized spacial score (nSPS) is 13.2. The zero-order chi connectivity index (χ0) is 21.8. The van der Waals surface area contributed by atoms with E-state index in [1.165, 1.54) is 7.05 Å². The van der Waals surface area contributed by atoms with Crippen LogP contribution < -0.4 is 0 Å². The molecule has 5 aromatic rings. The first kappa shape index (κ1) is 18.4. The fourth-order valence-electron chi connectivity index (χ4n) is 4.29. The summed E-state index contributed by atoms with van der Waals surface area (Å²) in [7, 11) is 1.51. The molecule has 6 rings (SSSR count). The van der Waals surface area contributed by atoms with Crippen LogP contribution in [0.5, 0.6) is 0 Å². The second kappa shape index (κ2) is 6.82. The zero-order valence-electron chi connectivity index (χ0n) is 17.2. The second-order valence-electron chi connectivity index (χ2n) is 7.94. The summed E-state index contributed by atoms with van der Waals surface area (Å²) in [5.74, 6) is -0.508. The van der Waals surface area contributed by atoms with Crippen molar-refractivity contribution in [2.45, 2.75) is 0 Å². The van der Waals surface area contributed by atoms with Crippen LogP contribution in [-0.2, 0) is 0 Å². The third kappa shape index (κ3) is 2.72. The molecule has 3 heterocycles. The van der Waals surface area contributed by atoms with E-state index in [-0.39, 0.29) is 11.8 Å². The molecule has 1 aliphatic rings. The Hall–Kier alpha value is -4.38. The summed E-state index contributed by atoms with van der Waals surface area (Å²) in [6.07, 6.45) is 3.66. The van der Waals surface area contributed by atoms with Gasteiger partial charge in [0.05, 0.1) is 22.2 Å². The average Bonchev–Trinajstić information content (AvgIpc) is 3.07. The highest BCUT2D eigenvalue weighted by Crippen LogP contribution is 2.31. The van der Waals surface area contributed by atoms with E-state index in [9.17, 15) is 9.59 Å². The molecule has 0 saturated heterocycles. The van der Waals surface area contributed by atoms with Crippen LogP contribution in [0.15, 0.2) is 85.2 Å². The lowest BCUT2D eigenvalue weighted by molar-refractivity contribution is 0.0693. The number of rotatable bonds is 2. The summed E-state index contributed by atoms with van der Waals surface area (Å²) in [6.45, 7) is 0. The van der Waals surface area contributed by atoms with Crippen molar-refractivity contribution in [1.82, 2.24) is 14.9 Å². The lowest BCUT2D eigenvalue weighted by Crippen LogP contribution is -2.24. The molecule has 0 atom stereocenters. The first-order valence-corrected chi connectivity index (χ1v) is 10.3. The lowest BCUT2D eigenvalue weighted by atomic mass is 9.97.